The van der Waals surface area contributed by atoms with E-state index in [0.717, 1.165) is 89.9 Å². The van der Waals surface area contributed by atoms with Gasteiger partial charge < -0.3 is 40.3 Å². The van der Waals surface area contributed by atoms with Crippen LogP contribution in [0.1, 0.15) is 142 Å². The molecule has 0 bridgehead atoms. The monoisotopic (exact) mass is 746 g/mol. The first kappa shape index (κ1) is 48.6. The second-order valence-electron chi connectivity index (χ2n) is 14.0. The highest BCUT2D eigenvalue weighted by molar-refractivity contribution is 5.76. The molecular formula is C44H75NO8. The molecule has 1 amide bonds. The minimum absolute atomic E-state index is 0.207. The average molecular weight is 746 g/mol. The molecule has 0 radical (unpaired) electrons. The molecule has 1 rings (SSSR count). The van der Waals surface area contributed by atoms with E-state index in [1.807, 2.05) is 6.08 Å². The fourth-order valence-corrected chi connectivity index (χ4v) is 5.92. The SMILES string of the molecule is CC/C=C\C/C=C\C/C=C\C/C=C\CCCCCCCCC(=O)NC(COC1OC(CO)C(O)C(O)C1O)C(O)/C=C/CC/C=C/CCCCCCC. The van der Waals surface area contributed by atoms with Crippen molar-refractivity contribution in [2.24, 2.45) is 0 Å². The van der Waals surface area contributed by atoms with E-state index in [4.69, 9.17) is 9.47 Å². The van der Waals surface area contributed by atoms with Crippen LogP contribution in [0.2, 0.25) is 0 Å². The van der Waals surface area contributed by atoms with Crippen LogP contribution in [0.25, 0.3) is 0 Å². The fraction of sp³-hybridized carbons (Fsp3) is 0.705. The van der Waals surface area contributed by atoms with Gasteiger partial charge in [0.2, 0.25) is 5.91 Å². The van der Waals surface area contributed by atoms with Crippen molar-refractivity contribution in [3.63, 3.8) is 0 Å². The molecule has 0 aliphatic carbocycles. The van der Waals surface area contributed by atoms with E-state index in [9.17, 15) is 30.3 Å². The topological polar surface area (TPSA) is 149 Å². The normalized spacial score (nSPS) is 22.4. The number of ether oxygens (including phenoxy) is 2. The van der Waals surface area contributed by atoms with Crippen LogP contribution >= 0.6 is 0 Å². The summed E-state index contributed by atoms with van der Waals surface area (Å²) in [6.45, 7) is 3.57. The highest BCUT2D eigenvalue weighted by Gasteiger charge is 2.44. The molecule has 6 N–H and O–H groups in total. The lowest BCUT2D eigenvalue weighted by Crippen LogP contribution is -2.60. The van der Waals surface area contributed by atoms with Crippen LogP contribution in [-0.2, 0) is 14.3 Å². The zero-order valence-corrected chi connectivity index (χ0v) is 33.0. The number of hydrogen-bond acceptors (Lipinski definition) is 8. The Labute approximate surface area is 321 Å². The third kappa shape index (κ3) is 25.4. The summed E-state index contributed by atoms with van der Waals surface area (Å²) in [4.78, 5) is 12.9. The summed E-state index contributed by atoms with van der Waals surface area (Å²) in [5.41, 5.74) is 0. The van der Waals surface area contributed by atoms with Crippen LogP contribution in [0.4, 0.5) is 0 Å². The first-order valence-electron chi connectivity index (χ1n) is 20.7. The van der Waals surface area contributed by atoms with Crippen molar-refractivity contribution < 1.29 is 39.8 Å². The number of amides is 1. The summed E-state index contributed by atoms with van der Waals surface area (Å²) in [6, 6.07) is -0.830. The van der Waals surface area contributed by atoms with E-state index in [2.05, 4.69) is 79.9 Å². The molecule has 7 atom stereocenters. The maximum Gasteiger partial charge on any atom is 0.220 e. The third-order valence-electron chi connectivity index (χ3n) is 9.26. The molecule has 1 aliphatic rings. The molecule has 1 saturated heterocycles. The van der Waals surface area contributed by atoms with Crippen LogP contribution < -0.4 is 5.32 Å². The van der Waals surface area contributed by atoms with Gasteiger partial charge in [-0.2, -0.15) is 0 Å². The van der Waals surface area contributed by atoms with E-state index in [1.54, 1.807) is 6.08 Å². The molecule has 7 unspecified atom stereocenters. The highest BCUT2D eigenvalue weighted by atomic mass is 16.7. The molecular weight excluding hydrogens is 670 g/mol. The maximum atomic E-state index is 12.9. The van der Waals surface area contributed by atoms with E-state index in [0.29, 0.717) is 6.42 Å². The van der Waals surface area contributed by atoms with Gasteiger partial charge >= 0.3 is 0 Å². The number of rotatable bonds is 32. The van der Waals surface area contributed by atoms with E-state index in [1.165, 1.54) is 32.1 Å². The van der Waals surface area contributed by atoms with Crippen molar-refractivity contribution in [3.05, 3.63) is 72.9 Å². The number of carbonyl (C=O) groups is 1. The number of unbranched alkanes of at least 4 members (excludes halogenated alkanes) is 12. The number of nitrogens with one attached hydrogen (secondary N) is 1. The van der Waals surface area contributed by atoms with Gasteiger partial charge in [0, 0.05) is 6.42 Å². The summed E-state index contributed by atoms with van der Waals surface area (Å²) >= 11 is 0. The van der Waals surface area contributed by atoms with Gasteiger partial charge in [0.25, 0.3) is 0 Å². The van der Waals surface area contributed by atoms with Gasteiger partial charge in [0.15, 0.2) is 6.29 Å². The van der Waals surface area contributed by atoms with E-state index < -0.39 is 49.5 Å². The molecule has 0 aromatic carbocycles. The summed E-state index contributed by atoms with van der Waals surface area (Å²) < 4.78 is 11.1. The first-order valence-corrected chi connectivity index (χ1v) is 20.7. The predicted molar refractivity (Wildman–Crippen MR) is 216 cm³/mol. The van der Waals surface area contributed by atoms with Crippen LogP contribution in [0, 0.1) is 0 Å². The van der Waals surface area contributed by atoms with E-state index >= 15 is 0 Å². The van der Waals surface area contributed by atoms with Crippen molar-refractivity contribution >= 4 is 5.91 Å². The molecule has 1 aliphatic heterocycles. The number of hydrogen-bond donors (Lipinski definition) is 6. The van der Waals surface area contributed by atoms with E-state index in [-0.39, 0.29) is 12.5 Å². The minimum Gasteiger partial charge on any atom is -0.394 e. The molecule has 9 nitrogen and oxygen atoms in total. The second kappa shape index (κ2) is 34.1. The highest BCUT2D eigenvalue weighted by Crippen LogP contribution is 2.22. The van der Waals surface area contributed by atoms with Gasteiger partial charge in [0.1, 0.15) is 24.4 Å². The first-order chi connectivity index (χ1) is 25.8. The lowest BCUT2D eigenvalue weighted by atomic mass is 9.99. The Hall–Kier alpha value is -2.37. The molecule has 0 aromatic rings. The smallest absolute Gasteiger partial charge is 0.220 e. The molecule has 9 heteroatoms. The fourth-order valence-electron chi connectivity index (χ4n) is 5.92. The van der Waals surface area contributed by atoms with Crippen molar-refractivity contribution in [3.8, 4) is 0 Å². The van der Waals surface area contributed by atoms with Gasteiger partial charge in [-0.15, -0.1) is 0 Å². The standard InChI is InChI=1S/C44H75NO8/c1-3-5-7-9-11-13-15-16-17-18-19-20-21-22-24-26-28-30-32-34-40(48)45-37(36-52-44-43(51)42(50)41(49)39(35-46)53-44)38(47)33-31-29-27-25-23-14-12-10-8-6-4-2/h5,7,11,13,16-17,19-20,23,25,31,33,37-39,41-44,46-47,49-51H,3-4,6,8-10,12,14-15,18,21-22,24,26-30,32,34-36H2,1-2H3,(H,45,48)/b7-5-,13-11-,17-16-,20-19-,25-23+,33-31+. The predicted octanol–water partition coefficient (Wildman–Crippen LogP) is 7.83. The quantitative estimate of drug-likeness (QED) is 0.0302. The third-order valence-corrected chi connectivity index (χ3v) is 9.26. The van der Waals surface area contributed by atoms with Crippen LogP contribution in [0.3, 0.4) is 0 Å². The lowest BCUT2D eigenvalue weighted by molar-refractivity contribution is -0.302. The number of carbonyl (C=O) groups excluding carboxylic acids is 1. The molecule has 304 valence electrons. The lowest BCUT2D eigenvalue weighted by Gasteiger charge is -2.40. The van der Waals surface area contributed by atoms with Crippen molar-refractivity contribution in [1.29, 1.82) is 0 Å². The van der Waals surface area contributed by atoms with Crippen LogP contribution in [0.5, 0.6) is 0 Å². The Morgan fingerprint density at radius 1 is 0.660 bits per heavy atom. The summed E-state index contributed by atoms with van der Waals surface area (Å²) in [5, 5.41) is 53.9. The zero-order valence-electron chi connectivity index (χ0n) is 33.0. The maximum absolute atomic E-state index is 12.9. The van der Waals surface area contributed by atoms with Crippen LogP contribution in [0.15, 0.2) is 72.9 Å². The molecule has 1 fully saturated rings. The van der Waals surface area contributed by atoms with Gasteiger partial charge in [-0.25, -0.2) is 0 Å². The summed E-state index contributed by atoms with van der Waals surface area (Å²) in [6.07, 6.45) is 38.0. The Morgan fingerprint density at radius 3 is 1.81 bits per heavy atom. The molecule has 0 saturated carbocycles. The van der Waals surface area contributed by atoms with Crippen molar-refractivity contribution in [1.82, 2.24) is 5.32 Å². The molecule has 53 heavy (non-hydrogen) atoms. The average Bonchev–Trinajstić information content (AvgIpc) is 3.16. The number of aliphatic hydroxyl groups excluding tert-OH is 5. The zero-order chi connectivity index (χ0) is 38.8. The Bertz CT molecular complexity index is 1050. The molecule has 0 spiro atoms. The van der Waals surface area contributed by atoms with Gasteiger partial charge in [0.05, 0.1) is 25.4 Å². The largest absolute Gasteiger partial charge is 0.394 e. The van der Waals surface area contributed by atoms with Gasteiger partial charge in [-0.3, -0.25) is 4.79 Å². The second-order valence-corrected chi connectivity index (χ2v) is 14.0. The Balaban J connectivity index is 2.42. The van der Waals surface area contributed by atoms with Gasteiger partial charge in [-0.05, 0) is 70.6 Å². The van der Waals surface area contributed by atoms with Crippen molar-refractivity contribution in [2.75, 3.05) is 13.2 Å². The van der Waals surface area contributed by atoms with Gasteiger partial charge in [-0.1, -0.05) is 138 Å². The van der Waals surface area contributed by atoms with Crippen molar-refractivity contribution in [2.45, 2.75) is 185 Å². The minimum atomic E-state index is -1.58. The number of allylic oxidation sites excluding steroid dienone is 11. The Morgan fingerprint density at radius 2 is 1.19 bits per heavy atom. The summed E-state index contributed by atoms with van der Waals surface area (Å²) in [7, 11) is 0. The molecule has 1 heterocycles. The molecule has 0 aromatic heterocycles. The number of aliphatic hydroxyl groups is 5. The Kier molecular flexibility index (Phi) is 31.3. The van der Waals surface area contributed by atoms with Crippen LogP contribution in [-0.4, -0.2) is 87.5 Å². The summed E-state index contributed by atoms with van der Waals surface area (Å²) in [5.74, 6) is -0.207.